The molecule has 0 aliphatic heterocycles. The molecular weight excluding hydrogens is 279 g/mol. The summed E-state index contributed by atoms with van der Waals surface area (Å²) in [7, 11) is 0. The van der Waals surface area contributed by atoms with Gasteiger partial charge in [0.25, 0.3) is 0 Å². The van der Waals surface area contributed by atoms with Gasteiger partial charge in [-0.05, 0) is 57.3 Å². The lowest BCUT2D eigenvalue weighted by atomic mass is 9.79. The highest BCUT2D eigenvalue weighted by Crippen LogP contribution is 2.33. The van der Waals surface area contributed by atoms with Crippen molar-refractivity contribution in [1.29, 1.82) is 0 Å². The van der Waals surface area contributed by atoms with E-state index in [1.54, 1.807) is 0 Å². The molecule has 128 valence electrons. The summed E-state index contributed by atoms with van der Waals surface area (Å²) >= 11 is 0. The lowest BCUT2D eigenvalue weighted by Crippen LogP contribution is -2.30. The molecule has 0 heterocycles. The van der Waals surface area contributed by atoms with Crippen LogP contribution in [0.5, 0.6) is 0 Å². The molecule has 0 bridgehead atoms. The molecule has 0 saturated heterocycles. The Balaban J connectivity index is 1.60. The molecule has 22 heavy (non-hydrogen) atoms. The molecular formula is C19H33FO2. The molecule has 3 heteroatoms. The van der Waals surface area contributed by atoms with Crippen LogP contribution in [-0.2, 0) is 9.53 Å². The molecule has 2 saturated carbocycles. The van der Waals surface area contributed by atoms with Crippen molar-refractivity contribution in [3.8, 4) is 0 Å². The molecule has 2 rings (SSSR count). The van der Waals surface area contributed by atoms with E-state index < -0.39 is 6.17 Å². The Kier molecular flexibility index (Phi) is 7.68. The Hall–Kier alpha value is -0.600. The minimum absolute atomic E-state index is 0.00765. The lowest BCUT2D eigenvalue weighted by molar-refractivity contribution is -0.157. The molecule has 2 fully saturated rings. The minimum Gasteiger partial charge on any atom is -0.462 e. The largest absolute Gasteiger partial charge is 0.462 e. The summed E-state index contributed by atoms with van der Waals surface area (Å²) in [5, 5.41) is 0. The van der Waals surface area contributed by atoms with Gasteiger partial charge >= 0.3 is 5.97 Å². The molecule has 0 aromatic carbocycles. The second-order valence-corrected chi connectivity index (χ2v) is 7.38. The average Bonchev–Trinajstić information content (AvgIpc) is 2.54. The topological polar surface area (TPSA) is 26.3 Å². The fraction of sp³-hybridized carbons (Fsp3) is 0.947. The Morgan fingerprint density at radius 1 is 0.955 bits per heavy atom. The van der Waals surface area contributed by atoms with Gasteiger partial charge in [0.2, 0.25) is 0 Å². The molecule has 2 nitrogen and oxygen atoms in total. The number of unbranched alkanes of at least 4 members (excludes halogenated alkanes) is 3. The fourth-order valence-electron chi connectivity index (χ4n) is 3.95. The quantitative estimate of drug-likeness (QED) is 0.452. The van der Waals surface area contributed by atoms with Gasteiger partial charge in [0, 0.05) is 0 Å². The van der Waals surface area contributed by atoms with E-state index in [0.717, 1.165) is 18.8 Å². The van der Waals surface area contributed by atoms with Gasteiger partial charge in [-0.15, -0.1) is 0 Å². The Labute approximate surface area is 135 Å². The van der Waals surface area contributed by atoms with Gasteiger partial charge in [0.15, 0.2) is 0 Å². The van der Waals surface area contributed by atoms with Gasteiger partial charge < -0.3 is 4.74 Å². The summed E-state index contributed by atoms with van der Waals surface area (Å²) in [6.45, 7) is 2.25. The number of hydrogen-bond donors (Lipinski definition) is 0. The van der Waals surface area contributed by atoms with Crippen molar-refractivity contribution in [3.05, 3.63) is 0 Å². The third-order valence-electron chi connectivity index (χ3n) is 5.53. The van der Waals surface area contributed by atoms with Crippen LogP contribution >= 0.6 is 0 Å². The maximum absolute atomic E-state index is 13.1. The molecule has 0 atom stereocenters. The van der Waals surface area contributed by atoms with Crippen molar-refractivity contribution in [2.24, 2.45) is 11.8 Å². The number of hydrogen-bond acceptors (Lipinski definition) is 2. The first-order chi connectivity index (χ1) is 10.7. The Morgan fingerprint density at radius 2 is 1.64 bits per heavy atom. The SMILES string of the molecule is CCCCCCC1CCC(C(=O)OC2CCC(F)CC2)CC1. The van der Waals surface area contributed by atoms with Crippen LogP contribution in [0.15, 0.2) is 0 Å². The maximum atomic E-state index is 13.1. The van der Waals surface area contributed by atoms with E-state index >= 15 is 0 Å². The van der Waals surface area contributed by atoms with Crippen LogP contribution in [0.3, 0.4) is 0 Å². The number of ether oxygens (including phenoxy) is 1. The highest BCUT2D eigenvalue weighted by atomic mass is 19.1. The first kappa shape index (κ1) is 17.7. The van der Waals surface area contributed by atoms with Crippen molar-refractivity contribution >= 4 is 5.97 Å². The van der Waals surface area contributed by atoms with Crippen LogP contribution < -0.4 is 0 Å². The molecule has 0 N–H and O–H groups in total. The molecule has 0 radical (unpaired) electrons. The predicted molar refractivity (Wildman–Crippen MR) is 87.5 cm³/mol. The highest BCUT2D eigenvalue weighted by Gasteiger charge is 2.30. The summed E-state index contributed by atoms with van der Waals surface area (Å²) in [5.41, 5.74) is 0. The van der Waals surface area contributed by atoms with Crippen molar-refractivity contribution in [3.63, 3.8) is 0 Å². The molecule has 2 aliphatic carbocycles. The van der Waals surface area contributed by atoms with Gasteiger partial charge in [-0.3, -0.25) is 4.79 Å². The predicted octanol–water partition coefficient (Wildman–Crippen LogP) is 5.59. The number of rotatable bonds is 7. The van der Waals surface area contributed by atoms with Crippen molar-refractivity contribution in [1.82, 2.24) is 0 Å². The van der Waals surface area contributed by atoms with E-state index in [1.165, 1.54) is 44.9 Å². The van der Waals surface area contributed by atoms with Crippen LogP contribution in [-0.4, -0.2) is 18.2 Å². The minimum atomic E-state index is -0.682. The Bertz CT molecular complexity index is 315. The number of esters is 1. The van der Waals surface area contributed by atoms with Crippen LogP contribution in [0.4, 0.5) is 4.39 Å². The average molecular weight is 312 g/mol. The van der Waals surface area contributed by atoms with E-state index in [9.17, 15) is 9.18 Å². The normalized spacial score (nSPS) is 32.6. The van der Waals surface area contributed by atoms with Crippen LogP contribution in [0.2, 0.25) is 0 Å². The summed E-state index contributed by atoms with van der Waals surface area (Å²) in [5.74, 6) is 0.921. The van der Waals surface area contributed by atoms with Crippen LogP contribution in [0.25, 0.3) is 0 Å². The molecule has 2 aliphatic rings. The highest BCUT2D eigenvalue weighted by molar-refractivity contribution is 5.72. The van der Waals surface area contributed by atoms with Gasteiger partial charge in [0.1, 0.15) is 12.3 Å². The first-order valence-corrected chi connectivity index (χ1v) is 9.53. The number of carbonyl (C=O) groups is 1. The third-order valence-corrected chi connectivity index (χ3v) is 5.53. The smallest absolute Gasteiger partial charge is 0.309 e. The van der Waals surface area contributed by atoms with Crippen molar-refractivity contribution < 1.29 is 13.9 Å². The van der Waals surface area contributed by atoms with Gasteiger partial charge in [-0.1, -0.05) is 39.0 Å². The van der Waals surface area contributed by atoms with Crippen LogP contribution in [0.1, 0.15) is 90.4 Å². The van der Waals surface area contributed by atoms with E-state index in [1.807, 2.05) is 0 Å². The van der Waals surface area contributed by atoms with Crippen LogP contribution in [0, 0.1) is 11.8 Å². The van der Waals surface area contributed by atoms with Gasteiger partial charge in [-0.25, -0.2) is 4.39 Å². The van der Waals surface area contributed by atoms with Crippen molar-refractivity contribution in [2.45, 2.75) is 103 Å². The zero-order valence-corrected chi connectivity index (χ0v) is 14.2. The second-order valence-electron chi connectivity index (χ2n) is 7.38. The molecule has 0 aromatic rings. The summed E-state index contributed by atoms with van der Waals surface area (Å²) in [6.07, 6.45) is 12.9. The number of carbonyl (C=O) groups excluding carboxylic acids is 1. The fourth-order valence-corrected chi connectivity index (χ4v) is 3.95. The first-order valence-electron chi connectivity index (χ1n) is 9.53. The molecule has 0 aromatic heterocycles. The van der Waals surface area contributed by atoms with Gasteiger partial charge in [0.05, 0.1) is 5.92 Å². The number of alkyl halides is 1. The number of halogens is 1. The van der Waals surface area contributed by atoms with E-state index in [4.69, 9.17) is 4.74 Å². The zero-order valence-electron chi connectivity index (χ0n) is 14.2. The zero-order chi connectivity index (χ0) is 15.8. The maximum Gasteiger partial charge on any atom is 0.309 e. The van der Waals surface area contributed by atoms with E-state index in [-0.39, 0.29) is 18.0 Å². The molecule has 0 spiro atoms. The monoisotopic (exact) mass is 312 g/mol. The van der Waals surface area contributed by atoms with E-state index in [0.29, 0.717) is 25.7 Å². The molecule has 0 amide bonds. The summed E-state index contributed by atoms with van der Waals surface area (Å²) in [4.78, 5) is 12.2. The van der Waals surface area contributed by atoms with Gasteiger partial charge in [-0.2, -0.15) is 0 Å². The summed E-state index contributed by atoms with van der Waals surface area (Å²) < 4.78 is 18.7. The summed E-state index contributed by atoms with van der Waals surface area (Å²) in [6, 6.07) is 0. The Morgan fingerprint density at radius 3 is 2.27 bits per heavy atom. The standard InChI is InChI=1S/C19H33FO2/c1-2-3-4-5-6-15-7-9-16(10-8-15)19(21)22-18-13-11-17(20)12-14-18/h15-18H,2-14H2,1H3. The van der Waals surface area contributed by atoms with E-state index in [2.05, 4.69) is 6.92 Å². The molecule has 0 unspecified atom stereocenters. The lowest BCUT2D eigenvalue weighted by Gasteiger charge is -2.30. The van der Waals surface area contributed by atoms with Crippen molar-refractivity contribution in [2.75, 3.05) is 0 Å². The second kappa shape index (κ2) is 9.52. The third kappa shape index (κ3) is 5.89.